The van der Waals surface area contributed by atoms with E-state index in [-0.39, 0.29) is 10.6 Å². The summed E-state index contributed by atoms with van der Waals surface area (Å²) in [4.78, 5) is 0.152. The van der Waals surface area contributed by atoms with Gasteiger partial charge in [-0.3, -0.25) is 5.84 Å². The topological polar surface area (TPSA) is 81.4 Å². The van der Waals surface area contributed by atoms with Crippen molar-refractivity contribution < 1.29 is 13.2 Å². The molecular weight excluding hydrogens is 204 g/mol. The lowest BCUT2D eigenvalue weighted by atomic mass is 10.3. The van der Waals surface area contributed by atoms with Crippen LogP contribution >= 0.6 is 0 Å². The van der Waals surface area contributed by atoms with Gasteiger partial charge in [0.25, 0.3) is 0 Å². The molecule has 1 aromatic rings. The Labute approximate surface area is 82.8 Å². The average Bonchev–Trinajstić information content (AvgIpc) is 2.15. The van der Waals surface area contributed by atoms with Crippen molar-refractivity contribution in [3.05, 3.63) is 18.2 Å². The summed E-state index contributed by atoms with van der Waals surface area (Å²) in [6.07, 6.45) is 1.13. The highest BCUT2D eigenvalue weighted by Gasteiger charge is 2.13. The molecule has 0 bridgehead atoms. The quantitative estimate of drug-likeness (QED) is 0.564. The van der Waals surface area contributed by atoms with Gasteiger partial charge in [-0.25, -0.2) is 8.42 Å². The maximum Gasteiger partial charge on any atom is 0.179 e. The van der Waals surface area contributed by atoms with Crippen LogP contribution in [0.15, 0.2) is 23.1 Å². The second-order valence-corrected chi connectivity index (χ2v) is 4.77. The number of nitrogens with one attached hydrogen (secondary N) is 1. The van der Waals surface area contributed by atoms with Crippen LogP contribution in [0.3, 0.4) is 0 Å². The molecule has 0 atom stereocenters. The standard InChI is InChI=1S/C8H12N2O3S/c1-13-7-5-6(10-9)3-4-8(7)14(2,11)12/h3-5,10H,9H2,1-2H3. The number of anilines is 1. The SMILES string of the molecule is COc1cc(NN)ccc1S(C)(=O)=O. The van der Waals surface area contributed by atoms with Crippen LogP contribution in [0.4, 0.5) is 5.69 Å². The molecule has 1 rings (SSSR count). The second kappa shape index (κ2) is 3.85. The molecule has 6 heteroatoms. The first-order chi connectivity index (χ1) is 6.49. The summed E-state index contributed by atoms with van der Waals surface area (Å²) in [7, 11) is -1.86. The molecule has 5 nitrogen and oxygen atoms in total. The molecule has 0 aliphatic heterocycles. The number of nitrogens with two attached hydrogens (primary N) is 1. The van der Waals surface area contributed by atoms with Crippen LogP contribution in [0.2, 0.25) is 0 Å². The molecule has 14 heavy (non-hydrogen) atoms. The van der Waals surface area contributed by atoms with Crippen LogP contribution in [0.25, 0.3) is 0 Å². The maximum absolute atomic E-state index is 11.3. The van der Waals surface area contributed by atoms with E-state index in [0.29, 0.717) is 5.69 Å². The third-order valence-electron chi connectivity index (χ3n) is 1.73. The summed E-state index contributed by atoms with van der Waals surface area (Å²) in [5.74, 6) is 5.46. The van der Waals surface area contributed by atoms with Gasteiger partial charge in [0, 0.05) is 12.3 Å². The first-order valence-electron chi connectivity index (χ1n) is 3.83. The third kappa shape index (κ3) is 2.15. The molecule has 0 amide bonds. The minimum Gasteiger partial charge on any atom is -0.495 e. The van der Waals surface area contributed by atoms with E-state index in [9.17, 15) is 8.42 Å². The van der Waals surface area contributed by atoms with Crippen LogP contribution in [-0.2, 0) is 9.84 Å². The molecular formula is C8H12N2O3S. The number of hydrogen-bond donors (Lipinski definition) is 2. The van der Waals surface area contributed by atoms with Crippen molar-refractivity contribution in [2.24, 2.45) is 5.84 Å². The third-order valence-corrected chi connectivity index (χ3v) is 2.87. The monoisotopic (exact) mass is 216 g/mol. The Morgan fingerprint density at radius 2 is 2.07 bits per heavy atom. The van der Waals surface area contributed by atoms with Crippen LogP contribution in [0.1, 0.15) is 0 Å². The van der Waals surface area contributed by atoms with E-state index in [1.807, 2.05) is 0 Å². The van der Waals surface area contributed by atoms with Gasteiger partial charge < -0.3 is 10.2 Å². The molecule has 0 aliphatic rings. The number of nitrogen functional groups attached to an aromatic ring is 1. The number of sulfone groups is 1. The summed E-state index contributed by atoms with van der Waals surface area (Å²) < 4.78 is 27.5. The minimum atomic E-state index is -3.26. The molecule has 0 radical (unpaired) electrons. The van der Waals surface area contributed by atoms with Crippen molar-refractivity contribution in [2.45, 2.75) is 4.90 Å². The Kier molecular flexibility index (Phi) is 2.97. The number of benzene rings is 1. The summed E-state index contributed by atoms with van der Waals surface area (Å²) >= 11 is 0. The Morgan fingerprint density at radius 3 is 2.50 bits per heavy atom. The van der Waals surface area contributed by atoms with Crippen molar-refractivity contribution in [1.82, 2.24) is 0 Å². The van der Waals surface area contributed by atoms with E-state index in [0.717, 1.165) is 6.26 Å². The Hall–Kier alpha value is -1.27. The number of ether oxygens (including phenoxy) is 1. The Balaban J connectivity index is 3.33. The highest BCUT2D eigenvalue weighted by molar-refractivity contribution is 7.90. The molecule has 0 fully saturated rings. The molecule has 3 N–H and O–H groups in total. The molecule has 0 spiro atoms. The van der Waals surface area contributed by atoms with Crippen molar-refractivity contribution in [2.75, 3.05) is 18.8 Å². The van der Waals surface area contributed by atoms with Crippen molar-refractivity contribution in [3.8, 4) is 5.75 Å². The minimum absolute atomic E-state index is 0.152. The zero-order chi connectivity index (χ0) is 10.8. The van der Waals surface area contributed by atoms with E-state index in [1.165, 1.54) is 19.2 Å². The average molecular weight is 216 g/mol. The van der Waals surface area contributed by atoms with E-state index in [4.69, 9.17) is 10.6 Å². The number of rotatable bonds is 3. The van der Waals surface area contributed by atoms with Crippen molar-refractivity contribution >= 4 is 15.5 Å². The van der Waals surface area contributed by atoms with Crippen molar-refractivity contribution in [1.29, 1.82) is 0 Å². The lowest BCUT2D eigenvalue weighted by molar-refractivity contribution is 0.403. The second-order valence-electron chi connectivity index (χ2n) is 2.78. The van der Waals surface area contributed by atoms with E-state index < -0.39 is 9.84 Å². The summed E-state index contributed by atoms with van der Waals surface area (Å²) in [6, 6.07) is 4.54. The van der Waals surface area contributed by atoms with Crippen LogP contribution < -0.4 is 16.0 Å². The Morgan fingerprint density at radius 1 is 1.43 bits per heavy atom. The number of hydrazine groups is 1. The van der Waals surface area contributed by atoms with E-state index in [1.54, 1.807) is 6.07 Å². The number of methoxy groups -OCH3 is 1. The highest BCUT2D eigenvalue weighted by Crippen LogP contribution is 2.26. The summed E-state index contributed by atoms with van der Waals surface area (Å²) in [6.45, 7) is 0. The fraction of sp³-hybridized carbons (Fsp3) is 0.250. The van der Waals surface area contributed by atoms with E-state index >= 15 is 0 Å². The van der Waals surface area contributed by atoms with Gasteiger partial charge in [0.15, 0.2) is 9.84 Å². The van der Waals surface area contributed by atoms with Gasteiger partial charge in [-0.1, -0.05) is 0 Å². The van der Waals surface area contributed by atoms with Gasteiger partial charge in [0.1, 0.15) is 10.6 Å². The molecule has 0 aliphatic carbocycles. The van der Waals surface area contributed by atoms with Gasteiger partial charge in [-0.2, -0.15) is 0 Å². The van der Waals surface area contributed by atoms with Crippen molar-refractivity contribution in [3.63, 3.8) is 0 Å². The summed E-state index contributed by atoms with van der Waals surface area (Å²) in [5.41, 5.74) is 3.00. The molecule has 0 saturated carbocycles. The summed E-state index contributed by atoms with van der Waals surface area (Å²) in [5, 5.41) is 0. The number of hydrogen-bond acceptors (Lipinski definition) is 5. The van der Waals surface area contributed by atoms with E-state index in [2.05, 4.69) is 5.43 Å². The molecule has 1 aromatic carbocycles. The van der Waals surface area contributed by atoms with Gasteiger partial charge in [-0.05, 0) is 12.1 Å². The van der Waals surface area contributed by atoms with Gasteiger partial charge in [0.05, 0.1) is 12.8 Å². The maximum atomic E-state index is 11.3. The zero-order valence-corrected chi connectivity index (χ0v) is 8.76. The van der Waals surface area contributed by atoms with Crippen LogP contribution in [0, 0.1) is 0 Å². The fourth-order valence-corrected chi connectivity index (χ4v) is 1.89. The highest BCUT2D eigenvalue weighted by atomic mass is 32.2. The van der Waals surface area contributed by atoms with Gasteiger partial charge in [0.2, 0.25) is 0 Å². The predicted molar refractivity (Wildman–Crippen MR) is 53.9 cm³/mol. The zero-order valence-electron chi connectivity index (χ0n) is 7.94. The van der Waals surface area contributed by atoms with Crippen LogP contribution in [-0.4, -0.2) is 21.8 Å². The lowest BCUT2D eigenvalue weighted by Crippen LogP contribution is -2.08. The fourth-order valence-electron chi connectivity index (χ4n) is 1.06. The van der Waals surface area contributed by atoms with Gasteiger partial charge in [-0.15, -0.1) is 0 Å². The first kappa shape index (κ1) is 10.8. The molecule has 0 heterocycles. The normalized spacial score (nSPS) is 11.1. The predicted octanol–water partition coefficient (Wildman–Crippen LogP) is 0.384. The molecule has 0 saturated heterocycles. The lowest BCUT2D eigenvalue weighted by Gasteiger charge is -2.08. The first-order valence-corrected chi connectivity index (χ1v) is 5.73. The molecule has 0 aromatic heterocycles. The largest absolute Gasteiger partial charge is 0.495 e. The molecule has 0 unspecified atom stereocenters. The van der Waals surface area contributed by atoms with Gasteiger partial charge >= 0.3 is 0 Å². The molecule has 78 valence electrons. The smallest absolute Gasteiger partial charge is 0.179 e. The Bertz CT molecular complexity index is 428. The van der Waals surface area contributed by atoms with Crippen LogP contribution in [0.5, 0.6) is 5.75 Å².